The van der Waals surface area contributed by atoms with Gasteiger partial charge >= 0.3 is 5.92 Å². The molecule has 0 saturated carbocycles. The molecular weight excluding hydrogens is 299 g/mol. The van der Waals surface area contributed by atoms with Crippen LogP contribution in [0, 0.1) is 5.82 Å². The molecule has 1 rings (SSSR count). The molecule has 1 aromatic rings. The fourth-order valence-corrected chi connectivity index (χ4v) is 2.28. The van der Waals surface area contributed by atoms with Crippen LogP contribution in [-0.2, 0) is 12.5 Å². The van der Waals surface area contributed by atoms with Crippen molar-refractivity contribution in [2.75, 3.05) is 0 Å². The Bertz CT molecular complexity index is 493. The highest BCUT2D eigenvalue weighted by molar-refractivity contribution is 7.98. The molecule has 120 valence electrons. The number of hydrogen-bond donors (Lipinski definition) is 2. The number of aliphatic hydroxyl groups is 1. The maximum Gasteiger partial charge on any atom is 0.303 e. The predicted octanol–water partition coefficient (Wildman–Crippen LogP) is 4.22. The van der Waals surface area contributed by atoms with Gasteiger partial charge in [0, 0.05) is 16.9 Å². The van der Waals surface area contributed by atoms with Crippen molar-refractivity contribution in [3.63, 3.8) is 0 Å². The van der Waals surface area contributed by atoms with E-state index < -0.39 is 22.9 Å². The lowest BCUT2D eigenvalue weighted by Gasteiger charge is -2.30. The summed E-state index contributed by atoms with van der Waals surface area (Å²) in [6.07, 6.45) is 0. The van der Waals surface area contributed by atoms with Gasteiger partial charge in [-0.2, -0.15) is 8.78 Å². The van der Waals surface area contributed by atoms with Gasteiger partial charge in [0.2, 0.25) is 0 Å². The van der Waals surface area contributed by atoms with Crippen LogP contribution in [0.2, 0.25) is 0 Å². The van der Waals surface area contributed by atoms with Gasteiger partial charge in [-0.25, -0.2) is 4.39 Å². The SMILES string of the molecule is CC(C)(C)SNCc1cccc(C(F)(F)C(C)(C)O)c1F. The molecule has 0 unspecified atom stereocenters. The fourth-order valence-electron chi connectivity index (χ4n) is 1.62. The van der Waals surface area contributed by atoms with Crippen LogP contribution in [0.1, 0.15) is 45.7 Å². The van der Waals surface area contributed by atoms with Gasteiger partial charge in [-0.3, -0.25) is 4.72 Å². The van der Waals surface area contributed by atoms with Crippen LogP contribution in [0.3, 0.4) is 0 Å². The molecule has 21 heavy (non-hydrogen) atoms. The standard InChI is InChI=1S/C15H22F3NOS/c1-13(2,3)21-19-9-10-7-6-8-11(12(10)16)15(17,18)14(4,5)20/h6-8,19-20H,9H2,1-5H3. The average molecular weight is 321 g/mol. The van der Waals surface area contributed by atoms with E-state index in [0.717, 1.165) is 19.9 Å². The monoisotopic (exact) mass is 321 g/mol. The first kappa shape index (κ1) is 18.3. The van der Waals surface area contributed by atoms with E-state index in [1.807, 2.05) is 20.8 Å². The summed E-state index contributed by atoms with van der Waals surface area (Å²) in [4.78, 5) is 0. The van der Waals surface area contributed by atoms with Gasteiger partial charge in [-0.15, -0.1) is 0 Å². The van der Waals surface area contributed by atoms with E-state index in [1.165, 1.54) is 24.1 Å². The van der Waals surface area contributed by atoms with Gasteiger partial charge in [0.1, 0.15) is 11.4 Å². The lowest BCUT2D eigenvalue weighted by molar-refractivity contribution is -0.170. The van der Waals surface area contributed by atoms with Crippen molar-refractivity contribution in [1.29, 1.82) is 0 Å². The number of halogens is 3. The molecule has 0 aliphatic carbocycles. The lowest BCUT2D eigenvalue weighted by atomic mass is 9.92. The van der Waals surface area contributed by atoms with Crippen LogP contribution in [0.25, 0.3) is 0 Å². The molecule has 2 nitrogen and oxygen atoms in total. The maximum absolute atomic E-state index is 14.3. The molecule has 0 heterocycles. The Morgan fingerprint density at radius 2 is 1.71 bits per heavy atom. The van der Waals surface area contributed by atoms with Crippen molar-refractivity contribution in [2.24, 2.45) is 0 Å². The topological polar surface area (TPSA) is 32.3 Å². The van der Waals surface area contributed by atoms with Crippen molar-refractivity contribution in [1.82, 2.24) is 4.72 Å². The van der Waals surface area contributed by atoms with Crippen LogP contribution < -0.4 is 4.72 Å². The van der Waals surface area contributed by atoms with Gasteiger partial charge in [0.15, 0.2) is 0 Å². The third-order valence-corrected chi connectivity index (χ3v) is 3.73. The van der Waals surface area contributed by atoms with E-state index in [2.05, 4.69) is 4.72 Å². The van der Waals surface area contributed by atoms with Gasteiger partial charge in [-0.1, -0.05) is 24.1 Å². The molecule has 2 N–H and O–H groups in total. The molecule has 0 spiro atoms. The normalized spacial score (nSPS) is 13.6. The van der Waals surface area contributed by atoms with E-state index in [1.54, 1.807) is 0 Å². The second-order valence-electron chi connectivity index (χ2n) is 6.45. The van der Waals surface area contributed by atoms with Crippen molar-refractivity contribution in [3.05, 3.63) is 35.1 Å². The quantitative estimate of drug-likeness (QED) is 0.796. The van der Waals surface area contributed by atoms with Crippen molar-refractivity contribution in [2.45, 2.75) is 57.4 Å². The third kappa shape index (κ3) is 4.63. The van der Waals surface area contributed by atoms with E-state index in [-0.39, 0.29) is 16.9 Å². The van der Waals surface area contributed by atoms with Crippen LogP contribution in [0.15, 0.2) is 18.2 Å². The lowest BCUT2D eigenvalue weighted by Crippen LogP contribution is -2.41. The van der Waals surface area contributed by atoms with E-state index in [0.29, 0.717) is 0 Å². The zero-order valence-corrected chi connectivity index (χ0v) is 13.7. The largest absolute Gasteiger partial charge is 0.384 e. The smallest absolute Gasteiger partial charge is 0.303 e. The second kappa shape index (κ2) is 6.18. The second-order valence-corrected chi connectivity index (χ2v) is 8.17. The minimum absolute atomic E-state index is 0.0644. The summed E-state index contributed by atoms with van der Waals surface area (Å²) >= 11 is 1.40. The van der Waals surface area contributed by atoms with Crippen LogP contribution in [0.4, 0.5) is 13.2 Å². The zero-order valence-electron chi connectivity index (χ0n) is 12.9. The molecule has 6 heteroatoms. The predicted molar refractivity (Wildman–Crippen MR) is 80.8 cm³/mol. The first-order valence-corrected chi connectivity index (χ1v) is 7.47. The highest BCUT2D eigenvalue weighted by Gasteiger charge is 2.48. The van der Waals surface area contributed by atoms with Gasteiger partial charge in [0.25, 0.3) is 0 Å². The minimum Gasteiger partial charge on any atom is -0.384 e. The summed E-state index contributed by atoms with van der Waals surface area (Å²) in [5.41, 5.74) is -2.97. The summed E-state index contributed by atoms with van der Waals surface area (Å²) in [5.74, 6) is -4.64. The summed E-state index contributed by atoms with van der Waals surface area (Å²) in [5, 5.41) is 9.56. The summed E-state index contributed by atoms with van der Waals surface area (Å²) in [7, 11) is 0. The van der Waals surface area contributed by atoms with Crippen LogP contribution in [-0.4, -0.2) is 15.5 Å². The Kier molecular flexibility index (Phi) is 5.40. The molecule has 0 aromatic heterocycles. The van der Waals surface area contributed by atoms with Crippen LogP contribution >= 0.6 is 11.9 Å². The molecule has 1 aromatic carbocycles. The van der Waals surface area contributed by atoms with Crippen molar-refractivity contribution in [3.8, 4) is 0 Å². The number of hydrogen-bond acceptors (Lipinski definition) is 3. The van der Waals surface area contributed by atoms with E-state index in [4.69, 9.17) is 0 Å². The Hall–Kier alpha value is -0.720. The first-order chi connectivity index (χ1) is 9.36. The highest BCUT2D eigenvalue weighted by Crippen LogP contribution is 2.40. The minimum atomic E-state index is -3.66. The summed E-state index contributed by atoms with van der Waals surface area (Å²) in [6, 6.07) is 3.83. The molecule has 0 bridgehead atoms. The Morgan fingerprint density at radius 1 is 1.14 bits per heavy atom. The van der Waals surface area contributed by atoms with Gasteiger partial charge in [-0.05, 0) is 40.7 Å². The molecule has 0 saturated heterocycles. The molecule has 0 aliphatic rings. The molecule has 0 atom stereocenters. The van der Waals surface area contributed by atoms with Gasteiger partial charge < -0.3 is 5.11 Å². The van der Waals surface area contributed by atoms with E-state index >= 15 is 0 Å². The zero-order chi connectivity index (χ0) is 16.5. The van der Waals surface area contributed by atoms with E-state index in [9.17, 15) is 18.3 Å². The average Bonchev–Trinajstić information content (AvgIpc) is 2.28. The van der Waals surface area contributed by atoms with Crippen molar-refractivity contribution >= 4 is 11.9 Å². The number of rotatable bonds is 5. The number of alkyl halides is 2. The van der Waals surface area contributed by atoms with Gasteiger partial charge in [0.05, 0.1) is 5.56 Å². The molecular formula is C15H22F3NOS. The first-order valence-electron chi connectivity index (χ1n) is 6.65. The summed E-state index contributed by atoms with van der Waals surface area (Å²) < 4.78 is 45.4. The Balaban J connectivity index is 2.99. The Labute approximate surface area is 128 Å². The number of benzene rings is 1. The maximum atomic E-state index is 14.3. The van der Waals surface area contributed by atoms with Crippen LogP contribution in [0.5, 0.6) is 0 Å². The molecule has 0 aliphatic heterocycles. The molecule has 0 radical (unpaired) electrons. The molecule has 0 amide bonds. The summed E-state index contributed by atoms with van der Waals surface area (Å²) in [6.45, 7) is 8.02. The third-order valence-electron chi connectivity index (χ3n) is 2.83. The highest BCUT2D eigenvalue weighted by atomic mass is 32.2. The fraction of sp³-hybridized carbons (Fsp3) is 0.600. The van der Waals surface area contributed by atoms with Crippen molar-refractivity contribution < 1.29 is 18.3 Å². The molecule has 0 fully saturated rings. The Morgan fingerprint density at radius 3 is 2.19 bits per heavy atom. The number of nitrogens with one attached hydrogen (secondary N) is 1.